The molecular weight excluding hydrogens is 251 g/mol. The van der Waals surface area contributed by atoms with Crippen molar-refractivity contribution in [1.29, 1.82) is 0 Å². The fourth-order valence-corrected chi connectivity index (χ4v) is 2.24. The Morgan fingerprint density at radius 3 is 2.05 bits per heavy atom. The Kier molecular flexibility index (Phi) is 3.37. The van der Waals surface area contributed by atoms with Gasteiger partial charge >= 0.3 is 6.18 Å². The predicted molar refractivity (Wildman–Crippen MR) is 71.5 cm³/mol. The van der Waals surface area contributed by atoms with Crippen LogP contribution in [0.1, 0.15) is 56.4 Å². The quantitative estimate of drug-likeness (QED) is 0.747. The van der Waals surface area contributed by atoms with E-state index in [9.17, 15) is 13.2 Å². The lowest BCUT2D eigenvalue weighted by atomic mass is 9.93. The van der Waals surface area contributed by atoms with Crippen LogP contribution in [-0.4, -0.2) is 4.98 Å². The average molecular weight is 269 g/mol. The molecule has 0 radical (unpaired) electrons. The van der Waals surface area contributed by atoms with Gasteiger partial charge < -0.3 is 4.98 Å². The summed E-state index contributed by atoms with van der Waals surface area (Å²) in [5.41, 5.74) is 1.94. The fraction of sp³-hybridized carbons (Fsp3) is 0.467. The van der Waals surface area contributed by atoms with Gasteiger partial charge in [0, 0.05) is 10.9 Å². The standard InChI is InChI=1S/C15H18F3N/c1-8(2)10-5-11-7-13(15(16,17)18)19-14(11)12(6-10)9(3)4/h5-9,19H,1-4H3. The summed E-state index contributed by atoms with van der Waals surface area (Å²) in [5.74, 6) is 0.479. The number of hydrogen-bond acceptors (Lipinski definition) is 0. The van der Waals surface area contributed by atoms with Crippen LogP contribution in [0.4, 0.5) is 13.2 Å². The minimum Gasteiger partial charge on any atom is -0.351 e. The molecule has 0 saturated carbocycles. The van der Waals surface area contributed by atoms with Gasteiger partial charge in [0.25, 0.3) is 0 Å². The summed E-state index contributed by atoms with van der Waals surface area (Å²) in [4.78, 5) is 2.53. The third-order valence-electron chi connectivity index (χ3n) is 3.38. The van der Waals surface area contributed by atoms with Gasteiger partial charge in [-0.05, 0) is 35.1 Å². The van der Waals surface area contributed by atoms with Gasteiger partial charge in [-0.25, -0.2) is 0 Å². The van der Waals surface area contributed by atoms with Crippen molar-refractivity contribution >= 4 is 10.9 Å². The van der Waals surface area contributed by atoms with Crippen molar-refractivity contribution in [2.24, 2.45) is 0 Å². The SMILES string of the molecule is CC(C)c1cc(C(C)C)c2[nH]c(C(F)(F)F)cc2c1. The van der Waals surface area contributed by atoms with Crippen molar-refractivity contribution in [2.45, 2.75) is 45.7 Å². The van der Waals surface area contributed by atoms with Gasteiger partial charge in [0.05, 0.1) is 0 Å². The maximum absolute atomic E-state index is 12.8. The van der Waals surface area contributed by atoms with Crippen LogP contribution in [0.2, 0.25) is 0 Å². The smallest absolute Gasteiger partial charge is 0.351 e. The summed E-state index contributed by atoms with van der Waals surface area (Å²) in [6.45, 7) is 8.07. The van der Waals surface area contributed by atoms with Crippen molar-refractivity contribution < 1.29 is 13.2 Å². The van der Waals surface area contributed by atoms with Crippen LogP contribution in [0.3, 0.4) is 0 Å². The topological polar surface area (TPSA) is 15.8 Å². The number of fused-ring (bicyclic) bond motifs is 1. The van der Waals surface area contributed by atoms with Gasteiger partial charge in [-0.2, -0.15) is 13.2 Å². The van der Waals surface area contributed by atoms with Crippen LogP contribution in [0.5, 0.6) is 0 Å². The van der Waals surface area contributed by atoms with E-state index in [-0.39, 0.29) is 5.92 Å². The van der Waals surface area contributed by atoms with Crippen LogP contribution in [0.15, 0.2) is 18.2 Å². The molecule has 0 aliphatic heterocycles. The second kappa shape index (κ2) is 4.58. The molecule has 0 amide bonds. The number of alkyl halides is 3. The normalized spacial score (nSPS) is 12.9. The number of halogens is 3. The van der Waals surface area contributed by atoms with Crippen LogP contribution < -0.4 is 0 Å². The van der Waals surface area contributed by atoms with E-state index in [1.165, 1.54) is 6.07 Å². The van der Waals surface area contributed by atoms with Gasteiger partial charge in [-0.3, -0.25) is 0 Å². The fourth-order valence-electron chi connectivity index (χ4n) is 2.24. The lowest BCUT2D eigenvalue weighted by Crippen LogP contribution is -2.04. The maximum Gasteiger partial charge on any atom is 0.431 e. The minimum atomic E-state index is -4.33. The lowest BCUT2D eigenvalue weighted by Gasteiger charge is -2.12. The van der Waals surface area contributed by atoms with E-state index >= 15 is 0 Å². The minimum absolute atomic E-state index is 0.181. The van der Waals surface area contributed by atoms with Crippen molar-refractivity contribution in [3.05, 3.63) is 35.0 Å². The second-order valence-electron chi connectivity index (χ2n) is 5.56. The van der Waals surface area contributed by atoms with Gasteiger partial charge in [-0.15, -0.1) is 0 Å². The molecule has 0 unspecified atom stereocenters. The number of aromatic amines is 1. The Balaban J connectivity index is 2.72. The molecule has 1 nitrogen and oxygen atoms in total. The van der Waals surface area contributed by atoms with Crippen LogP contribution in [-0.2, 0) is 6.18 Å². The number of hydrogen-bond donors (Lipinski definition) is 1. The third kappa shape index (κ3) is 2.62. The Bertz CT molecular complexity index is 591. The zero-order valence-electron chi connectivity index (χ0n) is 11.5. The molecule has 19 heavy (non-hydrogen) atoms. The highest BCUT2D eigenvalue weighted by molar-refractivity contribution is 5.85. The van der Waals surface area contributed by atoms with E-state index in [0.29, 0.717) is 16.8 Å². The molecule has 1 aromatic carbocycles. The van der Waals surface area contributed by atoms with E-state index < -0.39 is 11.9 Å². The molecule has 0 saturated heterocycles. The van der Waals surface area contributed by atoms with E-state index in [4.69, 9.17) is 0 Å². The molecule has 0 aliphatic rings. The van der Waals surface area contributed by atoms with Crippen LogP contribution in [0.25, 0.3) is 10.9 Å². The highest BCUT2D eigenvalue weighted by Crippen LogP contribution is 2.35. The van der Waals surface area contributed by atoms with E-state index in [0.717, 1.165) is 11.1 Å². The molecule has 0 bridgehead atoms. The van der Waals surface area contributed by atoms with E-state index in [1.807, 2.05) is 39.8 Å². The molecule has 0 aliphatic carbocycles. The number of benzene rings is 1. The molecule has 1 heterocycles. The molecule has 2 aromatic rings. The van der Waals surface area contributed by atoms with Gasteiger partial charge in [0.1, 0.15) is 5.69 Å². The molecule has 1 aromatic heterocycles. The monoisotopic (exact) mass is 269 g/mol. The van der Waals surface area contributed by atoms with E-state index in [2.05, 4.69) is 4.98 Å². The highest BCUT2D eigenvalue weighted by Gasteiger charge is 2.33. The molecule has 2 rings (SSSR count). The predicted octanol–water partition coefficient (Wildman–Crippen LogP) is 5.43. The van der Waals surface area contributed by atoms with Gasteiger partial charge in [0.15, 0.2) is 0 Å². The summed E-state index contributed by atoms with van der Waals surface area (Å²) in [5, 5.41) is 0.641. The maximum atomic E-state index is 12.8. The molecular formula is C15H18F3N. The first-order valence-corrected chi connectivity index (χ1v) is 6.44. The molecule has 0 atom stereocenters. The Labute approximate surface area is 110 Å². The first-order chi connectivity index (χ1) is 8.70. The van der Waals surface area contributed by atoms with Crippen molar-refractivity contribution in [3.8, 4) is 0 Å². The zero-order chi connectivity index (χ0) is 14.4. The molecule has 4 heteroatoms. The summed E-state index contributed by atoms with van der Waals surface area (Å²) in [6, 6.07) is 5.05. The van der Waals surface area contributed by atoms with Gasteiger partial charge in [-0.1, -0.05) is 33.8 Å². The van der Waals surface area contributed by atoms with Crippen LogP contribution >= 0.6 is 0 Å². The second-order valence-corrected chi connectivity index (χ2v) is 5.56. The first-order valence-electron chi connectivity index (χ1n) is 6.44. The third-order valence-corrected chi connectivity index (χ3v) is 3.38. The molecule has 104 valence electrons. The van der Waals surface area contributed by atoms with Crippen molar-refractivity contribution in [1.82, 2.24) is 4.98 Å². The zero-order valence-corrected chi connectivity index (χ0v) is 11.5. The number of aromatic nitrogens is 1. The highest BCUT2D eigenvalue weighted by atomic mass is 19.4. The molecule has 0 spiro atoms. The summed E-state index contributed by atoms with van der Waals surface area (Å²) < 4.78 is 38.4. The van der Waals surface area contributed by atoms with Crippen molar-refractivity contribution in [3.63, 3.8) is 0 Å². The molecule has 0 fully saturated rings. The Morgan fingerprint density at radius 2 is 1.58 bits per heavy atom. The summed E-state index contributed by atoms with van der Waals surface area (Å²) >= 11 is 0. The Hall–Kier alpha value is -1.45. The lowest BCUT2D eigenvalue weighted by molar-refractivity contribution is -0.140. The van der Waals surface area contributed by atoms with Gasteiger partial charge in [0.2, 0.25) is 0 Å². The van der Waals surface area contributed by atoms with E-state index in [1.54, 1.807) is 0 Å². The summed E-state index contributed by atoms with van der Waals surface area (Å²) in [7, 11) is 0. The molecule has 1 N–H and O–H groups in total. The van der Waals surface area contributed by atoms with Crippen LogP contribution in [0, 0.1) is 0 Å². The Morgan fingerprint density at radius 1 is 0.947 bits per heavy atom. The largest absolute Gasteiger partial charge is 0.431 e. The summed E-state index contributed by atoms with van der Waals surface area (Å²) in [6.07, 6.45) is -4.33. The number of rotatable bonds is 2. The average Bonchev–Trinajstić information content (AvgIpc) is 2.70. The first kappa shape index (κ1) is 14.0. The number of nitrogens with one attached hydrogen (secondary N) is 1. The van der Waals surface area contributed by atoms with Crippen molar-refractivity contribution in [2.75, 3.05) is 0 Å². The number of H-pyrrole nitrogens is 1.